The number of nitrogens with two attached hydrogens (primary N) is 2. The van der Waals surface area contributed by atoms with Crippen molar-refractivity contribution in [1.29, 1.82) is 0 Å². The van der Waals surface area contributed by atoms with Gasteiger partial charge in [0.1, 0.15) is 47.8 Å². The summed E-state index contributed by atoms with van der Waals surface area (Å²) in [6.45, 7) is 4.55. The molecule has 3 heterocycles. The van der Waals surface area contributed by atoms with Gasteiger partial charge in [0, 0.05) is 31.2 Å². The van der Waals surface area contributed by atoms with Gasteiger partial charge in [-0.25, -0.2) is 0 Å². The molecule has 3 aliphatic heterocycles. The quantitative estimate of drug-likeness (QED) is 0.0730. The number of aromatic hydroxyl groups is 1. The van der Waals surface area contributed by atoms with Crippen molar-refractivity contribution >= 4 is 41.4 Å². The van der Waals surface area contributed by atoms with Crippen LogP contribution in [0.2, 0.25) is 0 Å². The summed E-state index contributed by atoms with van der Waals surface area (Å²) in [7, 11) is 0. The molecular weight excluding hydrogens is 983 g/mol. The second kappa shape index (κ2) is 27.6. The molecule has 0 aromatic heterocycles. The predicted octanol–water partition coefficient (Wildman–Crippen LogP) is 3.43. The van der Waals surface area contributed by atoms with E-state index >= 15 is 0 Å². The Balaban J connectivity index is 1.10. The lowest BCUT2D eigenvalue weighted by Crippen LogP contribution is -2.61. The molecule has 77 heavy (non-hydrogen) atoms. The number of hydrogen-bond donors (Lipinski definition) is 9. The zero-order valence-corrected chi connectivity index (χ0v) is 44.1. The number of ether oxygens (including phenoxy) is 1. The van der Waals surface area contributed by atoms with Gasteiger partial charge in [0.2, 0.25) is 35.4 Å². The number of phenolic OH excluding ortho intramolecular Hbond substituents is 1. The molecule has 3 saturated heterocycles. The molecule has 4 aromatic carbocycles. The molecule has 7 rings (SSSR count). The third-order valence-electron chi connectivity index (χ3n) is 14.6. The number of aliphatic hydroxyl groups is 1. The van der Waals surface area contributed by atoms with Gasteiger partial charge in [0.05, 0.1) is 12.7 Å². The number of phenols is 1. The highest BCUT2D eigenvalue weighted by Crippen LogP contribution is 2.28. The second-order valence-corrected chi connectivity index (χ2v) is 20.4. The van der Waals surface area contributed by atoms with Crippen molar-refractivity contribution in [2.45, 2.75) is 139 Å². The Morgan fingerprint density at radius 1 is 0.714 bits per heavy atom. The first-order valence-electron chi connectivity index (χ1n) is 27.1. The normalized spacial score (nSPS) is 23.4. The van der Waals surface area contributed by atoms with E-state index in [0.29, 0.717) is 19.4 Å². The Kier molecular flexibility index (Phi) is 20.6. The number of nitrogens with one attached hydrogen (secondary N) is 5. The Hall–Kier alpha value is -7.35. The maximum absolute atomic E-state index is 14.4. The van der Waals surface area contributed by atoms with Gasteiger partial charge in [0.25, 0.3) is 5.91 Å². The zero-order valence-electron chi connectivity index (χ0n) is 44.1. The van der Waals surface area contributed by atoms with Gasteiger partial charge in [0.15, 0.2) is 0 Å². The first-order valence-corrected chi connectivity index (χ1v) is 27.1. The Morgan fingerprint density at radius 3 is 1.99 bits per heavy atom. The van der Waals surface area contributed by atoms with Crippen LogP contribution in [-0.2, 0) is 35.2 Å². The number of carbonyl (C=O) groups excluding carboxylic acids is 7. The molecule has 0 bridgehead atoms. The minimum atomic E-state index is -1.54. The highest BCUT2D eigenvalue weighted by atomic mass is 16.5. The molecule has 19 nitrogen and oxygen atoms in total. The average Bonchev–Trinajstić information content (AvgIpc) is 4.12. The first kappa shape index (κ1) is 57.4. The van der Waals surface area contributed by atoms with Crippen LogP contribution >= 0.6 is 0 Å². The fourth-order valence-corrected chi connectivity index (χ4v) is 10.1. The molecule has 412 valence electrons. The van der Waals surface area contributed by atoms with Crippen LogP contribution in [0.15, 0.2) is 97.1 Å². The van der Waals surface area contributed by atoms with E-state index in [-0.39, 0.29) is 82.4 Å². The molecule has 19 heteroatoms. The molecule has 11 N–H and O–H groups in total. The molecule has 4 aromatic rings. The fraction of sp³-hybridized carbons (Fsp3) is 0.466. The summed E-state index contributed by atoms with van der Waals surface area (Å²) in [4.78, 5) is 102. The van der Waals surface area contributed by atoms with Gasteiger partial charge in [-0.2, -0.15) is 0 Å². The third kappa shape index (κ3) is 15.4. The van der Waals surface area contributed by atoms with E-state index in [0.717, 1.165) is 52.8 Å². The summed E-state index contributed by atoms with van der Waals surface area (Å²) in [5, 5.41) is 34.9. The average molecular weight is 1060 g/mol. The van der Waals surface area contributed by atoms with Gasteiger partial charge in [-0.3, -0.25) is 33.6 Å². The van der Waals surface area contributed by atoms with Crippen LogP contribution in [-0.4, -0.2) is 143 Å². The third-order valence-corrected chi connectivity index (χ3v) is 14.6. The van der Waals surface area contributed by atoms with Gasteiger partial charge in [-0.1, -0.05) is 80.4 Å². The smallest absolute Gasteiger partial charge is 0.251 e. The maximum Gasteiger partial charge on any atom is 0.251 e. The summed E-state index contributed by atoms with van der Waals surface area (Å²) in [5.74, 6) is -3.61. The number of carbonyl (C=O) groups is 7. The van der Waals surface area contributed by atoms with Crippen LogP contribution < -0.4 is 42.8 Å². The van der Waals surface area contributed by atoms with Crippen LogP contribution in [0, 0.1) is 0 Å². The standard InChI is InChI=1S/C58H75N9O10/c1-3-4-5-33-77-45-27-23-41(24-28-45)39-17-15-38(16-18-39)40-19-21-42(22-20-40)52(70)62-46-10-7-31-61-55(73)50-34-43(60)35-67(50)57(75)48(9-6-30-59)64-53(71)47(29-14-37-12-25-44(69)26-13-37)63-56(74)49-11-8-32-66(49)58(76)51(36(2)68)65-54(46)72/h12-13,15-28,36,43,46-51,68-69H,3-11,14,29-35,59-60H2,1-2H3,(H,61,73)(H,62,70)(H,63,74)(H,64,71)(H,65,72)/t36-,43+,46+,47+,48+,49+,50+,51+/m1/s1. The highest BCUT2D eigenvalue weighted by molar-refractivity contribution is 6.00. The molecule has 0 radical (unpaired) electrons. The molecule has 0 aliphatic carbocycles. The van der Waals surface area contributed by atoms with E-state index in [1.807, 2.05) is 48.5 Å². The van der Waals surface area contributed by atoms with E-state index in [2.05, 4.69) is 33.5 Å². The molecule has 7 amide bonds. The highest BCUT2D eigenvalue weighted by Gasteiger charge is 2.43. The Labute approximate surface area is 450 Å². The van der Waals surface area contributed by atoms with Crippen molar-refractivity contribution in [3.05, 3.63) is 108 Å². The largest absolute Gasteiger partial charge is 0.508 e. The van der Waals surface area contributed by atoms with Crippen LogP contribution in [0.4, 0.5) is 0 Å². The van der Waals surface area contributed by atoms with Gasteiger partial charge in [-0.15, -0.1) is 0 Å². The minimum Gasteiger partial charge on any atom is -0.508 e. The Bertz CT molecular complexity index is 2650. The number of benzene rings is 4. The van der Waals surface area contributed by atoms with E-state index in [4.69, 9.17) is 16.2 Å². The summed E-state index contributed by atoms with van der Waals surface area (Å²) in [6.07, 6.45) is 3.55. The molecule has 0 spiro atoms. The summed E-state index contributed by atoms with van der Waals surface area (Å²) < 4.78 is 5.87. The molecule has 3 fully saturated rings. The lowest BCUT2D eigenvalue weighted by Gasteiger charge is -2.32. The van der Waals surface area contributed by atoms with E-state index < -0.39 is 89.7 Å². The number of amides is 7. The van der Waals surface area contributed by atoms with Crippen LogP contribution in [0.5, 0.6) is 11.5 Å². The molecule has 8 atom stereocenters. The number of fused-ring (bicyclic) bond motifs is 2. The first-order chi connectivity index (χ1) is 37.1. The monoisotopic (exact) mass is 1060 g/mol. The van der Waals surface area contributed by atoms with Crippen molar-refractivity contribution in [2.75, 3.05) is 32.8 Å². The summed E-state index contributed by atoms with van der Waals surface area (Å²) in [5.41, 5.74) is 17.1. The van der Waals surface area contributed by atoms with Crippen molar-refractivity contribution in [2.24, 2.45) is 11.5 Å². The van der Waals surface area contributed by atoms with Crippen LogP contribution in [0.25, 0.3) is 22.3 Å². The van der Waals surface area contributed by atoms with Crippen LogP contribution in [0.3, 0.4) is 0 Å². The molecule has 0 saturated carbocycles. The van der Waals surface area contributed by atoms with E-state index in [1.165, 1.54) is 28.9 Å². The fourth-order valence-electron chi connectivity index (χ4n) is 10.1. The van der Waals surface area contributed by atoms with Gasteiger partial charge < -0.3 is 62.8 Å². The number of nitrogens with zero attached hydrogens (tertiary/aromatic N) is 2. The van der Waals surface area contributed by atoms with Crippen molar-refractivity contribution in [3.8, 4) is 33.8 Å². The topological polar surface area (TPSA) is 288 Å². The van der Waals surface area contributed by atoms with Gasteiger partial charge >= 0.3 is 0 Å². The number of hydrogen-bond acceptors (Lipinski definition) is 12. The minimum absolute atomic E-state index is 0.0159. The number of aliphatic hydroxyl groups excluding tert-OH is 1. The van der Waals surface area contributed by atoms with E-state index in [1.54, 1.807) is 36.4 Å². The Morgan fingerprint density at radius 2 is 1.35 bits per heavy atom. The van der Waals surface area contributed by atoms with Crippen molar-refractivity contribution in [3.63, 3.8) is 0 Å². The summed E-state index contributed by atoms with van der Waals surface area (Å²) in [6, 6.07) is 21.5. The zero-order chi connectivity index (χ0) is 55.0. The molecule has 0 unspecified atom stereocenters. The van der Waals surface area contributed by atoms with Crippen LogP contribution in [0.1, 0.15) is 100 Å². The SMILES string of the molecule is CCCCCOc1ccc(-c2ccc(-c3ccc(C(=O)N[C@H]4CCCNC(=O)[C@@H]5C[C@H](N)CN5C(=O)[C@H](CCCN)NC(=O)[C@H](CCc5ccc(O)cc5)NC(=O)[C@@H]5CCCN5C(=O)[C@H]([C@@H](C)O)NC4=O)cc3)cc2)cc1. The van der Waals surface area contributed by atoms with Crippen molar-refractivity contribution in [1.82, 2.24) is 36.4 Å². The predicted molar refractivity (Wildman–Crippen MR) is 291 cm³/mol. The lowest BCUT2D eigenvalue weighted by atomic mass is 9.99. The lowest BCUT2D eigenvalue weighted by molar-refractivity contribution is -0.144. The van der Waals surface area contributed by atoms with E-state index in [9.17, 15) is 43.8 Å². The molecular formula is C58H75N9O10. The summed E-state index contributed by atoms with van der Waals surface area (Å²) >= 11 is 0. The number of unbranched alkanes of at least 4 members (excludes halogenated alkanes) is 2. The van der Waals surface area contributed by atoms with Crippen molar-refractivity contribution < 1.29 is 48.5 Å². The molecule has 3 aliphatic rings. The number of aryl methyl sites for hydroxylation is 1. The van der Waals surface area contributed by atoms with Gasteiger partial charge in [-0.05, 0) is 142 Å². The maximum atomic E-state index is 14.4. The second-order valence-electron chi connectivity index (χ2n) is 20.4. The number of rotatable bonds is 16.